The summed E-state index contributed by atoms with van der Waals surface area (Å²) < 4.78 is 55.0. The average molecular weight is 587 g/mol. The van der Waals surface area contributed by atoms with Gasteiger partial charge in [-0.3, -0.25) is 4.90 Å². The molecule has 8 nitrogen and oxygen atoms in total. The van der Waals surface area contributed by atoms with Gasteiger partial charge in [-0.25, -0.2) is 14.8 Å². The van der Waals surface area contributed by atoms with Crippen molar-refractivity contribution in [3.8, 4) is 5.88 Å². The minimum Gasteiger partial charge on any atom is -0.478 e. The number of halogens is 4. The quantitative estimate of drug-likeness (QED) is 0.282. The van der Waals surface area contributed by atoms with Crippen LogP contribution in [0.15, 0.2) is 48.5 Å². The van der Waals surface area contributed by atoms with Gasteiger partial charge < -0.3 is 19.1 Å². The summed E-state index contributed by atoms with van der Waals surface area (Å²) in [7, 11) is 0. The van der Waals surface area contributed by atoms with Crippen molar-refractivity contribution in [2.75, 3.05) is 13.2 Å². The van der Waals surface area contributed by atoms with Crippen molar-refractivity contribution in [2.24, 2.45) is 0 Å². The first kappa shape index (κ1) is 27.5. The largest absolute Gasteiger partial charge is 0.478 e. The van der Waals surface area contributed by atoms with Crippen LogP contribution in [-0.2, 0) is 43.6 Å². The summed E-state index contributed by atoms with van der Waals surface area (Å²) >= 11 is 5.91. The maximum atomic E-state index is 13.9. The second kappa shape index (κ2) is 11.0. The summed E-state index contributed by atoms with van der Waals surface area (Å²) in [6.07, 6.45) is -3.31. The number of imidazole rings is 1. The molecule has 0 saturated carbocycles. The van der Waals surface area contributed by atoms with Crippen LogP contribution in [0.2, 0.25) is 5.02 Å². The normalized spacial score (nSPS) is 17.3. The van der Waals surface area contributed by atoms with E-state index in [0.29, 0.717) is 72.1 Å². The second-order valence-electron chi connectivity index (χ2n) is 10.2. The SMILES string of the molecule is O=C(O)c1ccc2nc(CN3CCc4cc(C(F)(F)F)c(OCc5ccc(Cl)cc5)nc4C3)n(C[C@@H]3CCO3)c2c1. The highest BCUT2D eigenvalue weighted by molar-refractivity contribution is 6.30. The summed E-state index contributed by atoms with van der Waals surface area (Å²) in [6.45, 7) is 2.38. The van der Waals surface area contributed by atoms with Gasteiger partial charge in [0, 0.05) is 24.7 Å². The molecule has 2 aliphatic rings. The number of fused-ring (bicyclic) bond motifs is 2. The highest BCUT2D eigenvalue weighted by Gasteiger charge is 2.37. The third-order valence-corrected chi connectivity index (χ3v) is 7.69. The van der Waals surface area contributed by atoms with Gasteiger partial charge in [0.25, 0.3) is 0 Å². The lowest BCUT2D eigenvalue weighted by Gasteiger charge is -2.30. The van der Waals surface area contributed by atoms with Crippen LogP contribution in [0, 0.1) is 0 Å². The summed E-state index contributed by atoms with van der Waals surface area (Å²) in [4.78, 5) is 22.8. The molecular formula is C29H26ClF3N4O4. The molecule has 2 aliphatic heterocycles. The van der Waals surface area contributed by atoms with Gasteiger partial charge in [-0.2, -0.15) is 13.2 Å². The van der Waals surface area contributed by atoms with Gasteiger partial charge in [0.15, 0.2) is 0 Å². The minimum atomic E-state index is -4.61. The van der Waals surface area contributed by atoms with Gasteiger partial charge in [-0.15, -0.1) is 0 Å². The Kier molecular flexibility index (Phi) is 7.35. The molecule has 0 radical (unpaired) electrons. The summed E-state index contributed by atoms with van der Waals surface area (Å²) in [5.74, 6) is -0.747. The van der Waals surface area contributed by atoms with E-state index in [-0.39, 0.29) is 18.3 Å². The van der Waals surface area contributed by atoms with Gasteiger partial charge in [0.2, 0.25) is 5.88 Å². The summed E-state index contributed by atoms with van der Waals surface area (Å²) in [5.41, 5.74) is 2.39. The van der Waals surface area contributed by atoms with Crippen LogP contribution in [0.1, 0.15) is 45.0 Å². The standard InChI is InChI=1S/C29H26ClF3N4O4/c30-20-4-1-17(2-5-20)16-41-27-22(29(31,32)33)11-18-7-9-36(14-24(18)35-27)15-26-34-23-6-3-19(28(38)39)12-25(23)37(26)13-21-8-10-40-21/h1-6,11-12,21H,7-10,13-16H2,(H,38,39)/t21-/m0/s1. The smallest absolute Gasteiger partial charge is 0.421 e. The van der Waals surface area contributed by atoms with E-state index < -0.39 is 23.6 Å². The number of ether oxygens (including phenoxy) is 2. The van der Waals surface area contributed by atoms with E-state index >= 15 is 0 Å². The lowest BCUT2D eigenvalue weighted by atomic mass is 10.0. The van der Waals surface area contributed by atoms with Gasteiger partial charge >= 0.3 is 12.1 Å². The number of carbonyl (C=O) groups is 1. The number of hydrogen-bond acceptors (Lipinski definition) is 6. The van der Waals surface area contributed by atoms with Crippen molar-refractivity contribution >= 4 is 28.6 Å². The lowest BCUT2D eigenvalue weighted by Crippen LogP contribution is -2.34. The Morgan fingerprint density at radius 3 is 2.61 bits per heavy atom. The topological polar surface area (TPSA) is 89.7 Å². The van der Waals surface area contributed by atoms with Crippen molar-refractivity contribution < 1.29 is 32.5 Å². The van der Waals surface area contributed by atoms with Crippen LogP contribution < -0.4 is 4.74 Å². The Morgan fingerprint density at radius 2 is 1.93 bits per heavy atom. The molecule has 6 rings (SSSR count). The zero-order valence-corrected chi connectivity index (χ0v) is 22.6. The zero-order chi connectivity index (χ0) is 28.7. The molecule has 0 aliphatic carbocycles. The monoisotopic (exact) mass is 586 g/mol. The van der Waals surface area contributed by atoms with Crippen LogP contribution in [0.5, 0.6) is 5.88 Å². The van der Waals surface area contributed by atoms with Crippen LogP contribution in [0.3, 0.4) is 0 Å². The lowest BCUT2D eigenvalue weighted by molar-refractivity contribution is -0.139. The van der Waals surface area contributed by atoms with Crippen molar-refractivity contribution in [3.05, 3.63) is 87.3 Å². The van der Waals surface area contributed by atoms with Crippen LogP contribution in [0.4, 0.5) is 13.2 Å². The molecule has 2 aromatic heterocycles. The number of alkyl halides is 3. The first-order valence-electron chi connectivity index (χ1n) is 13.2. The Bertz CT molecular complexity index is 1600. The molecule has 0 amide bonds. The van der Waals surface area contributed by atoms with E-state index in [9.17, 15) is 23.1 Å². The van der Waals surface area contributed by atoms with Crippen LogP contribution >= 0.6 is 11.6 Å². The second-order valence-corrected chi connectivity index (χ2v) is 10.7. The Morgan fingerprint density at radius 1 is 1.15 bits per heavy atom. The van der Waals surface area contributed by atoms with E-state index in [4.69, 9.17) is 26.1 Å². The Labute approximate surface area is 238 Å². The molecule has 1 atom stereocenters. The average Bonchev–Trinajstić information content (AvgIpc) is 3.25. The van der Waals surface area contributed by atoms with Crippen molar-refractivity contribution in [3.63, 3.8) is 0 Å². The molecular weight excluding hydrogens is 561 g/mol. The van der Waals surface area contributed by atoms with Crippen molar-refractivity contribution in [2.45, 2.75) is 51.4 Å². The Hall–Kier alpha value is -3.67. The van der Waals surface area contributed by atoms with Gasteiger partial charge in [0.1, 0.15) is 18.0 Å². The number of carboxylic acids is 1. The highest BCUT2D eigenvalue weighted by atomic mass is 35.5. The van der Waals surface area contributed by atoms with Gasteiger partial charge in [0.05, 0.1) is 41.5 Å². The van der Waals surface area contributed by atoms with Gasteiger partial charge in [-0.05, 0) is 60.4 Å². The molecule has 4 heterocycles. The number of hydrogen-bond donors (Lipinski definition) is 1. The highest BCUT2D eigenvalue weighted by Crippen LogP contribution is 2.38. The maximum absolute atomic E-state index is 13.9. The minimum absolute atomic E-state index is 0.0181. The predicted octanol–water partition coefficient (Wildman–Crippen LogP) is 5.73. The maximum Gasteiger partial charge on any atom is 0.421 e. The molecule has 41 heavy (non-hydrogen) atoms. The van der Waals surface area contributed by atoms with Crippen LogP contribution in [-0.4, -0.2) is 49.8 Å². The molecule has 1 N–H and O–H groups in total. The fraction of sp³-hybridized carbons (Fsp3) is 0.345. The number of aromatic carboxylic acids is 1. The summed E-state index contributed by atoms with van der Waals surface area (Å²) in [6, 6.07) is 12.7. The van der Waals surface area contributed by atoms with E-state index in [2.05, 4.69) is 9.88 Å². The summed E-state index contributed by atoms with van der Waals surface area (Å²) in [5, 5.41) is 10.0. The molecule has 214 valence electrons. The number of carboxylic acid groups (broad SMARTS) is 1. The van der Waals surface area contributed by atoms with E-state index in [1.807, 2.05) is 4.57 Å². The molecule has 0 spiro atoms. The fourth-order valence-corrected chi connectivity index (χ4v) is 5.27. The van der Waals surface area contributed by atoms with Crippen LogP contribution in [0.25, 0.3) is 11.0 Å². The van der Waals surface area contributed by atoms with Crippen molar-refractivity contribution in [1.29, 1.82) is 0 Å². The molecule has 1 saturated heterocycles. The fourth-order valence-electron chi connectivity index (χ4n) is 5.14. The molecule has 0 unspecified atom stereocenters. The van der Waals surface area contributed by atoms with E-state index in [1.54, 1.807) is 36.4 Å². The third kappa shape index (κ3) is 5.88. The van der Waals surface area contributed by atoms with Crippen molar-refractivity contribution in [1.82, 2.24) is 19.4 Å². The molecule has 12 heteroatoms. The molecule has 2 aromatic carbocycles. The number of aromatic nitrogens is 3. The Balaban J connectivity index is 1.27. The van der Waals surface area contributed by atoms with E-state index in [1.165, 1.54) is 6.07 Å². The predicted molar refractivity (Wildman–Crippen MR) is 144 cm³/mol. The van der Waals surface area contributed by atoms with E-state index in [0.717, 1.165) is 18.3 Å². The molecule has 1 fully saturated rings. The third-order valence-electron chi connectivity index (χ3n) is 7.44. The van der Waals surface area contributed by atoms with Gasteiger partial charge in [-0.1, -0.05) is 23.7 Å². The molecule has 4 aromatic rings. The number of rotatable bonds is 8. The first-order valence-corrected chi connectivity index (χ1v) is 13.6. The zero-order valence-electron chi connectivity index (χ0n) is 21.8. The number of benzene rings is 2. The first-order chi connectivity index (χ1) is 19.6. The number of nitrogens with zero attached hydrogens (tertiary/aromatic N) is 4. The number of pyridine rings is 1. The molecule has 0 bridgehead atoms.